The fourth-order valence-electron chi connectivity index (χ4n) is 5.34. The Morgan fingerprint density at radius 3 is 2.42 bits per heavy atom. The number of fused-ring (bicyclic) bond motifs is 1. The number of hydrogen-bond acceptors (Lipinski definition) is 5. The summed E-state index contributed by atoms with van der Waals surface area (Å²) in [4.78, 5) is 31.0. The van der Waals surface area contributed by atoms with Gasteiger partial charge in [-0.3, -0.25) is 9.59 Å². The summed E-state index contributed by atoms with van der Waals surface area (Å²) < 4.78 is 25.8. The molecule has 2 aromatic rings. The summed E-state index contributed by atoms with van der Waals surface area (Å²) in [5, 5.41) is 3.06. The maximum atomic E-state index is 15.0. The first-order valence-corrected chi connectivity index (χ1v) is 12.6. The minimum absolute atomic E-state index is 0.247. The van der Waals surface area contributed by atoms with Crippen molar-refractivity contribution in [2.75, 3.05) is 47.4 Å². The van der Waals surface area contributed by atoms with E-state index in [1.807, 2.05) is 0 Å². The number of ether oxygens (including phenoxy) is 2. The van der Waals surface area contributed by atoms with Crippen molar-refractivity contribution < 1.29 is 23.5 Å². The van der Waals surface area contributed by atoms with Crippen LogP contribution >= 0.6 is 0 Å². The number of hydrogen-bond donors (Lipinski definition) is 1. The lowest BCUT2D eigenvalue weighted by atomic mass is 9.79. The number of piperidine rings is 1. The Labute approximate surface area is 212 Å². The number of nitrogens with one attached hydrogen (secondary N) is 1. The number of amides is 2. The number of carbonyl (C=O) groups is 2. The topological polar surface area (TPSA) is 71.1 Å². The molecule has 2 atom stereocenters. The molecule has 2 amide bonds. The van der Waals surface area contributed by atoms with Crippen LogP contribution in [0.4, 0.5) is 4.39 Å². The van der Waals surface area contributed by atoms with E-state index in [2.05, 4.69) is 17.1 Å². The number of benzene rings is 2. The molecular formula is C28H36FN3O4. The van der Waals surface area contributed by atoms with Crippen LogP contribution in [0.25, 0.3) is 0 Å². The maximum absolute atomic E-state index is 15.0. The van der Waals surface area contributed by atoms with Crippen LogP contribution in [0, 0.1) is 11.7 Å². The van der Waals surface area contributed by atoms with Crippen molar-refractivity contribution in [3.05, 3.63) is 58.9 Å². The van der Waals surface area contributed by atoms with Gasteiger partial charge in [0, 0.05) is 24.7 Å². The minimum atomic E-state index is -0.810. The van der Waals surface area contributed by atoms with Gasteiger partial charge < -0.3 is 24.6 Å². The molecule has 0 saturated carbocycles. The zero-order valence-corrected chi connectivity index (χ0v) is 21.6. The molecule has 0 unspecified atom stereocenters. The van der Waals surface area contributed by atoms with Crippen molar-refractivity contribution in [1.82, 2.24) is 15.1 Å². The van der Waals surface area contributed by atoms with Crippen LogP contribution in [0.5, 0.6) is 11.5 Å². The summed E-state index contributed by atoms with van der Waals surface area (Å²) >= 11 is 0. The molecule has 2 aliphatic rings. The quantitative estimate of drug-likeness (QED) is 0.559. The number of rotatable bonds is 8. The first-order valence-electron chi connectivity index (χ1n) is 12.6. The van der Waals surface area contributed by atoms with E-state index in [9.17, 15) is 14.0 Å². The Bertz CT molecular complexity index is 1100. The van der Waals surface area contributed by atoms with Crippen LogP contribution in [0.1, 0.15) is 59.6 Å². The van der Waals surface area contributed by atoms with Gasteiger partial charge in [-0.15, -0.1) is 0 Å². The lowest BCUT2D eigenvalue weighted by Crippen LogP contribution is -2.46. The Morgan fingerprint density at radius 1 is 1.08 bits per heavy atom. The van der Waals surface area contributed by atoms with Crippen LogP contribution in [-0.4, -0.2) is 69.1 Å². The number of methoxy groups -OCH3 is 2. The normalized spacial score (nSPS) is 20.7. The number of halogens is 1. The maximum Gasteiger partial charge on any atom is 0.254 e. The highest BCUT2D eigenvalue weighted by Gasteiger charge is 2.44. The Balaban J connectivity index is 1.62. The van der Waals surface area contributed by atoms with Crippen LogP contribution < -0.4 is 14.8 Å². The summed E-state index contributed by atoms with van der Waals surface area (Å²) in [5.74, 6) is -0.224. The molecule has 8 heteroatoms. The van der Waals surface area contributed by atoms with Gasteiger partial charge in [-0.05, 0) is 68.6 Å². The van der Waals surface area contributed by atoms with Crippen molar-refractivity contribution in [2.45, 2.75) is 38.1 Å². The van der Waals surface area contributed by atoms with Crippen LogP contribution in [0.2, 0.25) is 0 Å². The molecule has 7 nitrogen and oxygen atoms in total. The first-order chi connectivity index (χ1) is 17.3. The van der Waals surface area contributed by atoms with Gasteiger partial charge in [0.1, 0.15) is 5.82 Å². The predicted molar refractivity (Wildman–Crippen MR) is 136 cm³/mol. The minimum Gasteiger partial charge on any atom is -0.493 e. The highest BCUT2D eigenvalue weighted by atomic mass is 19.1. The van der Waals surface area contributed by atoms with Gasteiger partial charge in [-0.1, -0.05) is 25.1 Å². The molecule has 0 aromatic heterocycles. The molecule has 194 valence electrons. The third-order valence-corrected chi connectivity index (χ3v) is 7.51. The fourth-order valence-corrected chi connectivity index (χ4v) is 5.34. The summed E-state index contributed by atoms with van der Waals surface area (Å²) in [7, 11) is 4.61. The second kappa shape index (κ2) is 11.3. The molecule has 0 bridgehead atoms. The fraction of sp³-hybridized carbons (Fsp3) is 0.500. The Morgan fingerprint density at radius 2 is 1.75 bits per heavy atom. The molecular weight excluding hydrogens is 461 g/mol. The largest absolute Gasteiger partial charge is 0.493 e. The average molecular weight is 498 g/mol. The molecule has 1 fully saturated rings. The third-order valence-electron chi connectivity index (χ3n) is 7.51. The second-order valence-corrected chi connectivity index (χ2v) is 9.82. The van der Waals surface area contributed by atoms with Crippen molar-refractivity contribution >= 4 is 11.8 Å². The van der Waals surface area contributed by atoms with Crippen LogP contribution in [0.3, 0.4) is 0 Å². The monoisotopic (exact) mass is 497 g/mol. The molecule has 0 spiro atoms. The molecule has 2 aromatic carbocycles. The highest BCUT2D eigenvalue weighted by Crippen LogP contribution is 2.46. The lowest BCUT2D eigenvalue weighted by Gasteiger charge is -2.40. The smallest absolute Gasteiger partial charge is 0.254 e. The molecule has 0 aliphatic carbocycles. The van der Waals surface area contributed by atoms with Crippen LogP contribution in [0.15, 0.2) is 36.4 Å². The van der Waals surface area contributed by atoms with Gasteiger partial charge in [-0.2, -0.15) is 0 Å². The standard InChI is InChI=1S/C28H36FN3O4/c1-18-10-14-32(15-11-18)13-7-12-30-27(33)25-20-16-23(35-3)24(36-4)17-21(20)28(34)31(2)26(25)19-8-5-6-9-22(19)29/h5-6,8-9,16-18,25-26H,7,10-15H2,1-4H3,(H,30,33)/t25-,26+/m1/s1. The molecule has 4 rings (SSSR count). The lowest BCUT2D eigenvalue weighted by molar-refractivity contribution is -0.124. The molecule has 1 saturated heterocycles. The number of nitrogens with zero attached hydrogens (tertiary/aromatic N) is 2. The van der Waals surface area contributed by atoms with Crippen molar-refractivity contribution in [3.63, 3.8) is 0 Å². The molecule has 0 radical (unpaired) electrons. The highest BCUT2D eigenvalue weighted by molar-refractivity contribution is 6.02. The Hall–Kier alpha value is -3.13. The van der Waals surface area contributed by atoms with Crippen molar-refractivity contribution in [3.8, 4) is 11.5 Å². The van der Waals surface area contributed by atoms with Gasteiger partial charge in [0.25, 0.3) is 5.91 Å². The second-order valence-electron chi connectivity index (χ2n) is 9.82. The summed E-state index contributed by atoms with van der Waals surface area (Å²) in [5.41, 5.74) is 1.16. The third kappa shape index (κ3) is 5.19. The molecule has 2 aliphatic heterocycles. The zero-order valence-electron chi connectivity index (χ0n) is 21.6. The Kier molecular flexibility index (Phi) is 8.14. The predicted octanol–water partition coefficient (Wildman–Crippen LogP) is 3.99. The van der Waals surface area contributed by atoms with E-state index in [1.165, 1.54) is 38.0 Å². The van der Waals surface area contributed by atoms with Gasteiger partial charge in [0.15, 0.2) is 11.5 Å². The van der Waals surface area contributed by atoms with Crippen LogP contribution in [-0.2, 0) is 4.79 Å². The van der Waals surface area contributed by atoms with E-state index >= 15 is 0 Å². The van der Waals surface area contributed by atoms with E-state index in [0.717, 1.165) is 32.0 Å². The molecule has 1 N–H and O–H groups in total. The number of likely N-dealkylation sites (N-methyl/N-ethyl adjacent to an activating group) is 1. The van der Waals surface area contributed by atoms with E-state index in [-0.39, 0.29) is 11.8 Å². The first kappa shape index (κ1) is 25.9. The zero-order chi connectivity index (χ0) is 25.8. The molecule has 36 heavy (non-hydrogen) atoms. The van der Waals surface area contributed by atoms with E-state index < -0.39 is 17.8 Å². The average Bonchev–Trinajstić information content (AvgIpc) is 2.89. The van der Waals surface area contributed by atoms with Gasteiger partial charge in [0.2, 0.25) is 5.91 Å². The van der Waals surface area contributed by atoms with Gasteiger partial charge in [-0.25, -0.2) is 4.39 Å². The van der Waals surface area contributed by atoms with E-state index in [0.29, 0.717) is 34.7 Å². The number of likely N-dealkylation sites (tertiary alicyclic amines) is 1. The SMILES string of the molecule is COc1cc2c(cc1OC)[C@@H](C(=O)NCCCN1CCC(C)CC1)[C@H](c1ccccc1F)N(C)C2=O. The number of carbonyl (C=O) groups excluding carboxylic acids is 2. The van der Waals surface area contributed by atoms with Gasteiger partial charge >= 0.3 is 0 Å². The molecule has 2 heterocycles. The van der Waals surface area contributed by atoms with E-state index in [4.69, 9.17) is 9.47 Å². The summed E-state index contributed by atoms with van der Waals surface area (Å²) in [6.07, 6.45) is 3.24. The van der Waals surface area contributed by atoms with Gasteiger partial charge in [0.05, 0.1) is 26.2 Å². The van der Waals surface area contributed by atoms with Crippen molar-refractivity contribution in [1.29, 1.82) is 0 Å². The summed E-state index contributed by atoms with van der Waals surface area (Å²) in [6, 6.07) is 8.78. The van der Waals surface area contributed by atoms with Crippen molar-refractivity contribution in [2.24, 2.45) is 5.92 Å². The van der Waals surface area contributed by atoms with E-state index in [1.54, 1.807) is 37.4 Å². The summed E-state index contributed by atoms with van der Waals surface area (Å²) in [6.45, 7) is 5.90.